The van der Waals surface area contributed by atoms with Crippen molar-refractivity contribution in [3.8, 4) is 5.75 Å². The summed E-state index contributed by atoms with van der Waals surface area (Å²) in [4.78, 5) is 12.5. The number of alkyl halides is 3. The summed E-state index contributed by atoms with van der Waals surface area (Å²) in [5, 5.41) is 2.81. The van der Waals surface area contributed by atoms with Gasteiger partial charge < -0.3 is 10.1 Å². The van der Waals surface area contributed by atoms with Crippen molar-refractivity contribution in [2.45, 2.75) is 43.8 Å². The molecule has 2 aromatic carbocycles. The van der Waals surface area contributed by atoms with Gasteiger partial charge in [0.15, 0.2) is 18.2 Å². The summed E-state index contributed by atoms with van der Waals surface area (Å²) >= 11 is 0. The Labute approximate surface area is 164 Å². The Kier molecular flexibility index (Phi) is 5.82. The molecule has 0 aromatic heterocycles. The minimum Gasteiger partial charge on any atom is -0.481 e. The molecule has 1 atom stereocenters. The molecule has 3 nitrogen and oxygen atoms in total. The Hall–Kier alpha value is -2.64. The van der Waals surface area contributed by atoms with Gasteiger partial charge in [0.05, 0.1) is 5.54 Å². The summed E-state index contributed by atoms with van der Waals surface area (Å²) in [7, 11) is 0. The van der Waals surface area contributed by atoms with Crippen molar-refractivity contribution in [2.24, 2.45) is 0 Å². The summed E-state index contributed by atoms with van der Waals surface area (Å²) < 4.78 is 69.4. The normalized spacial score (nSPS) is 16.2. The van der Waals surface area contributed by atoms with Gasteiger partial charge in [-0.05, 0) is 42.5 Å². The third-order valence-electron chi connectivity index (χ3n) is 4.93. The highest BCUT2D eigenvalue weighted by atomic mass is 19.4. The number of carbonyl (C=O) groups is 1. The third-order valence-corrected chi connectivity index (χ3v) is 4.93. The lowest BCUT2D eigenvalue weighted by Gasteiger charge is -2.21. The number of benzene rings is 2. The summed E-state index contributed by atoms with van der Waals surface area (Å²) in [5.41, 5.74) is -0.0403. The fourth-order valence-corrected chi connectivity index (χ4v) is 3.24. The number of halogens is 5. The first-order valence-corrected chi connectivity index (χ1v) is 9.15. The maximum absolute atomic E-state index is 14.7. The lowest BCUT2D eigenvalue weighted by atomic mass is 9.96. The van der Waals surface area contributed by atoms with Crippen molar-refractivity contribution in [1.82, 2.24) is 5.32 Å². The summed E-state index contributed by atoms with van der Waals surface area (Å²) in [6.07, 6.45) is -3.52. The van der Waals surface area contributed by atoms with Crippen molar-refractivity contribution in [1.29, 1.82) is 0 Å². The van der Waals surface area contributed by atoms with E-state index in [2.05, 4.69) is 10.1 Å². The minimum atomic E-state index is -4.58. The topological polar surface area (TPSA) is 38.3 Å². The maximum Gasteiger partial charge on any atom is 0.422 e. The number of hydrogen-bond donors (Lipinski definition) is 1. The molecule has 8 heteroatoms. The van der Waals surface area contributed by atoms with Crippen molar-refractivity contribution in [3.05, 3.63) is 65.2 Å². The van der Waals surface area contributed by atoms with Gasteiger partial charge in [0, 0.05) is 12.0 Å². The second-order valence-corrected chi connectivity index (χ2v) is 7.31. The predicted molar refractivity (Wildman–Crippen MR) is 96.4 cm³/mol. The van der Waals surface area contributed by atoms with Crippen molar-refractivity contribution in [3.63, 3.8) is 0 Å². The van der Waals surface area contributed by atoms with Crippen molar-refractivity contribution >= 4 is 5.91 Å². The van der Waals surface area contributed by atoms with Crippen LogP contribution in [0.3, 0.4) is 0 Å². The van der Waals surface area contributed by atoms with Crippen LogP contribution in [0.2, 0.25) is 0 Å². The number of amides is 1. The minimum absolute atomic E-state index is 0.110. The predicted octanol–water partition coefficient (Wildman–Crippen LogP) is 5.21. The van der Waals surface area contributed by atoms with Crippen LogP contribution in [0.1, 0.15) is 43.2 Å². The number of carbonyl (C=O) groups excluding carboxylic acids is 1. The van der Waals surface area contributed by atoms with Gasteiger partial charge in [0.2, 0.25) is 5.91 Å². The lowest BCUT2D eigenvalue weighted by Crippen LogP contribution is -2.36. The van der Waals surface area contributed by atoms with Gasteiger partial charge in [-0.2, -0.15) is 13.2 Å². The number of ether oxygens (including phenoxy) is 1. The van der Waals surface area contributed by atoms with Crippen LogP contribution >= 0.6 is 0 Å². The fraction of sp³-hybridized carbons (Fsp3) is 0.381. The van der Waals surface area contributed by atoms with Gasteiger partial charge in [-0.1, -0.05) is 31.2 Å². The first-order valence-electron chi connectivity index (χ1n) is 9.15. The van der Waals surface area contributed by atoms with Crippen LogP contribution in [0.15, 0.2) is 42.5 Å². The Bertz CT molecular complexity index is 876. The number of hydrogen-bond acceptors (Lipinski definition) is 2. The standard InChI is InChI=1S/C21H20F5NO2/c1-13(14-5-7-15(22)8-6-14)11-18(28)27-20(9-10-20)16-3-2-4-17(19(16)23)29-12-21(24,25)26/h2-8,13H,9-12H2,1H3,(H,27,28). The van der Waals surface area contributed by atoms with Crippen LogP contribution in [0, 0.1) is 11.6 Å². The second kappa shape index (κ2) is 8.00. The highest BCUT2D eigenvalue weighted by molar-refractivity contribution is 5.78. The second-order valence-electron chi connectivity index (χ2n) is 7.31. The number of rotatable bonds is 7. The van der Waals surface area contributed by atoms with Crippen LogP contribution in [-0.4, -0.2) is 18.7 Å². The van der Waals surface area contributed by atoms with E-state index in [1.807, 2.05) is 6.92 Å². The van der Waals surface area contributed by atoms with Gasteiger partial charge >= 0.3 is 6.18 Å². The van der Waals surface area contributed by atoms with E-state index < -0.39 is 29.9 Å². The van der Waals surface area contributed by atoms with Crippen molar-refractivity contribution in [2.75, 3.05) is 6.61 Å². The Morgan fingerprint density at radius 2 is 1.79 bits per heavy atom. The zero-order chi connectivity index (χ0) is 21.2. The molecule has 3 rings (SSSR count). The van der Waals surface area contributed by atoms with E-state index >= 15 is 0 Å². The van der Waals surface area contributed by atoms with Crippen LogP contribution in [0.25, 0.3) is 0 Å². The van der Waals surface area contributed by atoms with E-state index in [0.29, 0.717) is 12.8 Å². The highest BCUT2D eigenvalue weighted by Crippen LogP contribution is 2.48. The van der Waals surface area contributed by atoms with Gasteiger partial charge in [0.25, 0.3) is 0 Å². The molecule has 0 aliphatic heterocycles. The van der Waals surface area contributed by atoms with Gasteiger partial charge in [-0.3, -0.25) is 4.79 Å². The van der Waals surface area contributed by atoms with E-state index in [1.54, 1.807) is 12.1 Å². The Balaban J connectivity index is 1.68. The molecule has 1 fully saturated rings. The molecular formula is C21H20F5NO2. The maximum atomic E-state index is 14.7. The zero-order valence-corrected chi connectivity index (χ0v) is 15.7. The molecule has 29 heavy (non-hydrogen) atoms. The SMILES string of the molecule is CC(CC(=O)NC1(c2cccc(OCC(F)(F)F)c2F)CC1)c1ccc(F)cc1. The molecule has 1 amide bonds. The van der Waals surface area contributed by atoms with Gasteiger partial charge in [0.1, 0.15) is 5.82 Å². The third kappa shape index (κ3) is 5.25. The molecule has 1 aliphatic carbocycles. The first-order chi connectivity index (χ1) is 13.6. The summed E-state index contributed by atoms with van der Waals surface area (Å²) in [6.45, 7) is 0.223. The Morgan fingerprint density at radius 3 is 2.38 bits per heavy atom. The highest BCUT2D eigenvalue weighted by Gasteiger charge is 2.48. The van der Waals surface area contributed by atoms with E-state index in [4.69, 9.17) is 0 Å². The molecule has 1 saturated carbocycles. The smallest absolute Gasteiger partial charge is 0.422 e. The van der Waals surface area contributed by atoms with Gasteiger partial charge in [-0.15, -0.1) is 0 Å². The van der Waals surface area contributed by atoms with E-state index in [0.717, 1.165) is 11.6 Å². The number of nitrogens with one attached hydrogen (secondary N) is 1. The fourth-order valence-electron chi connectivity index (χ4n) is 3.24. The van der Waals surface area contributed by atoms with Crippen LogP contribution in [-0.2, 0) is 10.3 Å². The molecule has 0 saturated heterocycles. The molecule has 1 N–H and O–H groups in total. The molecule has 1 unspecified atom stereocenters. The first kappa shape index (κ1) is 21.1. The van der Waals surface area contributed by atoms with E-state index in [-0.39, 0.29) is 29.6 Å². The molecule has 156 valence electrons. The quantitative estimate of drug-likeness (QED) is 0.634. The Morgan fingerprint density at radius 1 is 1.14 bits per heavy atom. The summed E-state index contributed by atoms with van der Waals surface area (Å²) in [5.74, 6) is -2.27. The molecular weight excluding hydrogens is 393 g/mol. The van der Waals surface area contributed by atoms with E-state index in [9.17, 15) is 26.7 Å². The van der Waals surface area contributed by atoms with Crippen molar-refractivity contribution < 1.29 is 31.5 Å². The zero-order valence-electron chi connectivity index (χ0n) is 15.7. The average Bonchev–Trinajstić information content (AvgIpc) is 3.40. The molecule has 0 spiro atoms. The molecule has 0 heterocycles. The molecule has 0 bridgehead atoms. The average molecular weight is 413 g/mol. The molecule has 0 radical (unpaired) electrons. The van der Waals surface area contributed by atoms with Gasteiger partial charge in [-0.25, -0.2) is 8.78 Å². The molecule has 1 aliphatic rings. The largest absolute Gasteiger partial charge is 0.481 e. The van der Waals surface area contributed by atoms with Crippen LogP contribution in [0.4, 0.5) is 22.0 Å². The summed E-state index contributed by atoms with van der Waals surface area (Å²) in [6, 6.07) is 9.79. The monoisotopic (exact) mass is 413 g/mol. The van der Waals surface area contributed by atoms with Crippen LogP contribution < -0.4 is 10.1 Å². The lowest BCUT2D eigenvalue weighted by molar-refractivity contribution is -0.153. The van der Waals surface area contributed by atoms with E-state index in [1.165, 1.54) is 24.3 Å². The van der Waals surface area contributed by atoms with Crippen LogP contribution in [0.5, 0.6) is 5.75 Å². The molecule has 2 aromatic rings.